The van der Waals surface area contributed by atoms with Crippen LogP contribution in [-0.4, -0.2) is 16.1 Å². The summed E-state index contributed by atoms with van der Waals surface area (Å²) in [6.07, 6.45) is 3.68. The third-order valence-corrected chi connectivity index (χ3v) is 1.55. The van der Waals surface area contributed by atoms with Crippen molar-refractivity contribution < 1.29 is 9.90 Å². The first kappa shape index (κ1) is 10.2. The van der Waals surface area contributed by atoms with E-state index in [0.717, 1.165) is 6.92 Å². The van der Waals surface area contributed by atoms with Gasteiger partial charge in [0.05, 0.1) is 0 Å². The molecule has 0 saturated carbocycles. The molecule has 1 aromatic heterocycles. The van der Waals surface area contributed by atoms with E-state index < -0.39 is 5.97 Å². The number of benzene rings is 1. The van der Waals surface area contributed by atoms with E-state index in [9.17, 15) is 0 Å². The minimum absolute atomic E-state index is 0.833. The molecular weight excluding hydrogens is 178 g/mol. The highest BCUT2D eigenvalue weighted by atomic mass is 16.4. The van der Waals surface area contributed by atoms with Crippen molar-refractivity contribution in [3.63, 3.8) is 0 Å². The Morgan fingerprint density at radius 2 is 1.79 bits per heavy atom. The van der Waals surface area contributed by atoms with Crippen LogP contribution in [0.3, 0.4) is 0 Å². The average Bonchev–Trinajstić information content (AvgIpc) is 2.17. The van der Waals surface area contributed by atoms with Gasteiger partial charge in [-0.05, 0) is 16.8 Å². The second kappa shape index (κ2) is 4.97. The summed E-state index contributed by atoms with van der Waals surface area (Å²) >= 11 is 0. The third kappa shape index (κ3) is 3.23. The Morgan fingerprint density at radius 3 is 2.36 bits per heavy atom. The van der Waals surface area contributed by atoms with Crippen LogP contribution in [0.25, 0.3) is 10.8 Å². The maximum atomic E-state index is 9.00. The Bertz CT molecular complexity index is 357. The summed E-state index contributed by atoms with van der Waals surface area (Å²) in [6.45, 7) is 1.08. The van der Waals surface area contributed by atoms with Crippen LogP contribution in [0.2, 0.25) is 0 Å². The molecule has 0 aliphatic rings. The highest BCUT2D eigenvalue weighted by molar-refractivity contribution is 5.80. The summed E-state index contributed by atoms with van der Waals surface area (Å²) in [7, 11) is 0. The topological polar surface area (TPSA) is 50.2 Å². The fraction of sp³-hybridized carbons (Fsp3) is 0.0909. The van der Waals surface area contributed by atoms with Gasteiger partial charge in [0.25, 0.3) is 5.97 Å². The Balaban J connectivity index is 0.000000213. The molecule has 0 bridgehead atoms. The van der Waals surface area contributed by atoms with Gasteiger partial charge in [0.2, 0.25) is 0 Å². The molecule has 0 spiro atoms. The lowest BCUT2D eigenvalue weighted by molar-refractivity contribution is -0.134. The number of carbonyl (C=O) groups is 1. The number of hydrogen-bond acceptors (Lipinski definition) is 2. The monoisotopic (exact) mass is 189 g/mol. The predicted octanol–water partition coefficient (Wildman–Crippen LogP) is 2.33. The van der Waals surface area contributed by atoms with Crippen LogP contribution in [0.4, 0.5) is 0 Å². The first-order valence-electron chi connectivity index (χ1n) is 4.18. The minimum Gasteiger partial charge on any atom is -0.481 e. The van der Waals surface area contributed by atoms with E-state index in [1.165, 1.54) is 10.8 Å². The Labute approximate surface area is 82.0 Å². The molecule has 0 atom stereocenters. The van der Waals surface area contributed by atoms with Crippen LogP contribution in [0.1, 0.15) is 6.92 Å². The average molecular weight is 189 g/mol. The zero-order valence-electron chi connectivity index (χ0n) is 7.84. The van der Waals surface area contributed by atoms with Gasteiger partial charge in [-0.15, -0.1) is 0 Å². The summed E-state index contributed by atoms with van der Waals surface area (Å²) in [5.74, 6) is -0.833. The van der Waals surface area contributed by atoms with E-state index in [0.29, 0.717) is 0 Å². The maximum Gasteiger partial charge on any atom is 0.300 e. The number of carboxylic acid groups (broad SMARTS) is 1. The number of hydrogen-bond donors (Lipinski definition) is 1. The molecular formula is C11H11NO2. The quantitative estimate of drug-likeness (QED) is 0.691. The standard InChI is InChI=1S/C9H7N.C2H4O2/c1-2-4-9-7-10-6-5-8(9)3-1;1-2(3)4/h1-7H;1H3,(H,3,4). The van der Waals surface area contributed by atoms with Gasteiger partial charge in [-0.1, -0.05) is 24.3 Å². The molecule has 1 N–H and O–H groups in total. The molecule has 3 nitrogen and oxygen atoms in total. The molecule has 2 aromatic rings. The van der Waals surface area contributed by atoms with Crippen molar-refractivity contribution in [2.75, 3.05) is 0 Å². The summed E-state index contributed by atoms with van der Waals surface area (Å²) < 4.78 is 0. The van der Waals surface area contributed by atoms with Crippen molar-refractivity contribution in [1.82, 2.24) is 4.98 Å². The van der Waals surface area contributed by atoms with Crippen molar-refractivity contribution in [2.24, 2.45) is 0 Å². The number of carboxylic acids is 1. The number of pyridine rings is 1. The van der Waals surface area contributed by atoms with Gasteiger partial charge in [0.15, 0.2) is 0 Å². The van der Waals surface area contributed by atoms with Crippen molar-refractivity contribution in [3.8, 4) is 0 Å². The zero-order valence-corrected chi connectivity index (χ0v) is 7.84. The summed E-state index contributed by atoms with van der Waals surface area (Å²) in [4.78, 5) is 13.0. The number of aliphatic carboxylic acids is 1. The lowest BCUT2D eigenvalue weighted by Crippen LogP contribution is -1.78. The van der Waals surface area contributed by atoms with Crippen LogP contribution in [-0.2, 0) is 4.79 Å². The van der Waals surface area contributed by atoms with Crippen LogP contribution in [0.15, 0.2) is 42.7 Å². The van der Waals surface area contributed by atoms with Crippen LogP contribution in [0.5, 0.6) is 0 Å². The lowest BCUT2D eigenvalue weighted by Gasteiger charge is -1.91. The second-order valence-corrected chi connectivity index (χ2v) is 2.74. The van der Waals surface area contributed by atoms with E-state index in [-0.39, 0.29) is 0 Å². The molecule has 1 heterocycles. The van der Waals surface area contributed by atoms with E-state index in [2.05, 4.69) is 17.1 Å². The van der Waals surface area contributed by atoms with Gasteiger partial charge in [0.1, 0.15) is 0 Å². The largest absolute Gasteiger partial charge is 0.481 e. The van der Waals surface area contributed by atoms with Crippen molar-refractivity contribution in [2.45, 2.75) is 6.92 Å². The first-order chi connectivity index (χ1) is 6.70. The molecule has 1 aromatic carbocycles. The van der Waals surface area contributed by atoms with Gasteiger partial charge in [-0.25, -0.2) is 0 Å². The fourth-order valence-electron chi connectivity index (χ4n) is 1.03. The Kier molecular flexibility index (Phi) is 3.61. The van der Waals surface area contributed by atoms with Crippen LogP contribution in [0, 0.1) is 0 Å². The Hall–Kier alpha value is -1.90. The molecule has 2 rings (SSSR count). The number of fused-ring (bicyclic) bond motifs is 1. The maximum absolute atomic E-state index is 9.00. The second-order valence-electron chi connectivity index (χ2n) is 2.74. The van der Waals surface area contributed by atoms with Gasteiger partial charge >= 0.3 is 0 Å². The molecule has 0 fully saturated rings. The van der Waals surface area contributed by atoms with Gasteiger partial charge in [-0.2, -0.15) is 0 Å². The van der Waals surface area contributed by atoms with E-state index in [1.807, 2.05) is 30.6 Å². The first-order valence-corrected chi connectivity index (χ1v) is 4.18. The lowest BCUT2D eigenvalue weighted by atomic mass is 10.2. The molecule has 0 amide bonds. The molecule has 72 valence electrons. The van der Waals surface area contributed by atoms with Gasteiger partial charge < -0.3 is 5.11 Å². The molecule has 0 aliphatic carbocycles. The van der Waals surface area contributed by atoms with Crippen LogP contribution >= 0.6 is 0 Å². The SMILES string of the molecule is CC(=O)O.c1ccc2cnccc2c1. The molecule has 0 saturated heterocycles. The van der Waals surface area contributed by atoms with Crippen LogP contribution < -0.4 is 0 Å². The van der Waals surface area contributed by atoms with Crippen molar-refractivity contribution in [1.29, 1.82) is 0 Å². The van der Waals surface area contributed by atoms with E-state index >= 15 is 0 Å². The smallest absolute Gasteiger partial charge is 0.300 e. The third-order valence-electron chi connectivity index (χ3n) is 1.55. The highest BCUT2D eigenvalue weighted by Gasteiger charge is 1.86. The molecule has 0 unspecified atom stereocenters. The number of nitrogens with zero attached hydrogens (tertiary/aromatic N) is 1. The number of aromatic nitrogens is 1. The normalized spacial score (nSPS) is 8.93. The van der Waals surface area contributed by atoms with Gasteiger partial charge in [-0.3, -0.25) is 9.78 Å². The summed E-state index contributed by atoms with van der Waals surface area (Å²) in [5, 5.41) is 9.86. The summed E-state index contributed by atoms with van der Waals surface area (Å²) in [5.41, 5.74) is 0. The fourth-order valence-corrected chi connectivity index (χ4v) is 1.03. The molecule has 14 heavy (non-hydrogen) atoms. The minimum atomic E-state index is -0.833. The molecule has 0 radical (unpaired) electrons. The highest BCUT2D eigenvalue weighted by Crippen LogP contribution is 2.09. The van der Waals surface area contributed by atoms with E-state index in [4.69, 9.17) is 9.90 Å². The van der Waals surface area contributed by atoms with E-state index in [1.54, 1.807) is 0 Å². The molecule has 0 aliphatic heterocycles. The summed E-state index contributed by atoms with van der Waals surface area (Å²) in [6, 6.07) is 10.2. The van der Waals surface area contributed by atoms with Crippen molar-refractivity contribution >= 4 is 16.7 Å². The van der Waals surface area contributed by atoms with Gasteiger partial charge in [0, 0.05) is 19.3 Å². The molecule has 3 heteroatoms. The Morgan fingerprint density at radius 1 is 1.21 bits per heavy atom. The number of rotatable bonds is 0. The predicted molar refractivity (Wildman–Crippen MR) is 55.1 cm³/mol. The zero-order chi connectivity index (χ0) is 10.4. The van der Waals surface area contributed by atoms with Crippen molar-refractivity contribution in [3.05, 3.63) is 42.7 Å².